The molecule has 0 bridgehead atoms. The quantitative estimate of drug-likeness (QED) is 0.652. The normalized spacial score (nSPS) is 14.7. The van der Waals surface area contributed by atoms with Crippen LogP contribution < -0.4 is 14.8 Å². The molecule has 1 fully saturated rings. The van der Waals surface area contributed by atoms with E-state index in [1.54, 1.807) is 7.11 Å². The number of nitrogens with one attached hydrogen (secondary N) is 1. The second kappa shape index (κ2) is 11.7. The second-order valence-corrected chi connectivity index (χ2v) is 7.11. The van der Waals surface area contributed by atoms with Gasteiger partial charge in [0.15, 0.2) is 0 Å². The molecule has 1 amide bonds. The number of ether oxygens (including phenoxy) is 2. The molecule has 0 radical (unpaired) electrons. The predicted octanol–water partition coefficient (Wildman–Crippen LogP) is 4.47. The molecule has 158 valence electrons. The van der Waals surface area contributed by atoms with Crippen LogP contribution in [0, 0.1) is 0 Å². The number of amides is 1. The highest BCUT2D eigenvalue weighted by Crippen LogP contribution is 2.26. The summed E-state index contributed by atoms with van der Waals surface area (Å²) in [7, 11) is 1.67. The molecule has 1 atom stereocenters. The maximum absolute atomic E-state index is 12.6. The fourth-order valence-corrected chi connectivity index (χ4v) is 3.55. The summed E-state index contributed by atoms with van der Waals surface area (Å²) in [5, 5.41) is 3.11. The SMILES string of the molecule is CCCOc1ccc(C(=O)NCC(c2ccc(OC)cc2)N2CCCC2)cc1.Cl. The van der Waals surface area contributed by atoms with Crippen LogP contribution in [0.4, 0.5) is 0 Å². The van der Waals surface area contributed by atoms with E-state index in [9.17, 15) is 4.79 Å². The molecule has 0 spiro atoms. The van der Waals surface area contributed by atoms with Crippen LogP contribution in [0.2, 0.25) is 0 Å². The first-order valence-corrected chi connectivity index (χ1v) is 10.1. The van der Waals surface area contributed by atoms with E-state index >= 15 is 0 Å². The maximum Gasteiger partial charge on any atom is 0.251 e. The van der Waals surface area contributed by atoms with E-state index in [2.05, 4.69) is 29.3 Å². The number of carbonyl (C=O) groups excluding carboxylic acids is 1. The van der Waals surface area contributed by atoms with Gasteiger partial charge in [-0.1, -0.05) is 19.1 Å². The lowest BCUT2D eigenvalue weighted by atomic mass is 10.0. The number of benzene rings is 2. The Kier molecular flexibility index (Phi) is 9.29. The van der Waals surface area contributed by atoms with Gasteiger partial charge in [0.2, 0.25) is 0 Å². The van der Waals surface area contributed by atoms with Crippen LogP contribution in [0.3, 0.4) is 0 Å². The zero-order valence-electron chi connectivity index (χ0n) is 17.2. The molecule has 2 aromatic rings. The number of hydrogen-bond acceptors (Lipinski definition) is 4. The van der Waals surface area contributed by atoms with E-state index in [1.165, 1.54) is 18.4 Å². The van der Waals surface area contributed by atoms with E-state index in [0.717, 1.165) is 31.0 Å². The molecule has 1 aliphatic heterocycles. The Morgan fingerprint density at radius 1 is 1.03 bits per heavy atom. The van der Waals surface area contributed by atoms with Crippen molar-refractivity contribution >= 4 is 18.3 Å². The van der Waals surface area contributed by atoms with Gasteiger partial charge in [-0.15, -0.1) is 12.4 Å². The van der Waals surface area contributed by atoms with Crippen molar-refractivity contribution in [2.24, 2.45) is 0 Å². The van der Waals surface area contributed by atoms with Crippen molar-refractivity contribution in [1.82, 2.24) is 10.2 Å². The molecule has 0 saturated carbocycles. The van der Waals surface area contributed by atoms with Gasteiger partial charge in [-0.05, 0) is 74.3 Å². The standard InChI is InChI=1S/C23H30N2O3.ClH/c1-3-16-28-21-12-8-19(9-13-21)23(26)24-17-22(25-14-4-5-15-25)18-6-10-20(27-2)11-7-18;/h6-13,22H,3-5,14-17H2,1-2H3,(H,24,26);1H. The third-order valence-corrected chi connectivity index (χ3v) is 5.13. The van der Waals surface area contributed by atoms with Crippen molar-refractivity contribution < 1.29 is 14.3 Å². The summed E-state index contributed by atoms with van der Waals surface area (Å²) in [6.07, 6.45) is 3.38. The summed E-state index contributed by atoms with van der Waals surface area (Å²) in [4.78, 5) is 15.1. The first-order valence-electron chi connectivity index (χ1n) is 10.1. The van der Waals surface area contributed by atoms with Gasteiger partial charge in [-0.2, -0.15) is 0 Å². The largest absolute Gasteiger partial charge is 0.497 e. The summed E-state index contributed by atoms with van der Waals surface area (Å²) >= 11 is 0. The Labute approximate surface area is 179 Å². The first kappa shape index (κ1) is 23.0. The molecule has 2 aromatic carbocycles. The van der Waals surface area contributed by atoms with Gasteiger partial charge in [0, 0.05) is 12.1 Å². The molecule has 0 aromatic heterocycles. The Morgan fingerprint density at radius 3 is 2.24 bits per heavy atom. The number of nitrogens with zero attached hydrogens (tertiary/aromatic N) is 1. The molecule has 1 N–H and O–H groups in total. The lowest BCUT2D eigenvalue weighted by Crippen LogP contribution is -2.36. The number of hydrogen-bond donors (Lipinski definition) is 1. The molecule has 0 aliphatic carbocycles. The zero-order valence-corrected chi connectivity index (χ0v) is 18.0. The summed E-state index contributed by atoms with van der Waals surface area (Å²) < 4.78 is 10.9. The van der Waals surface area contributed by atoms with Crippen molar-refractivity contribution in [3.63, 3.8) is 0 Å². The summed E-state index contributed by atoms with van der Waals surface area (Å²) in [6.45, 7) is 5.47. The van der Waals surface area contributed by atoms with E-state index in [1.807, 2.05) is 36.4 Å². The lowest BCUT2D eigenvalue weighted by molar-refractivity contribution is 0.0938. The molecule has 3 rings (SSSR count). The van der Waals surface area contributed by atoms with Gasteiger partial charge >= 0.3 is 0 Å². The monoisotopic (exact) mass is 418 g/mol. The highest BCUT2D eigenvalue weighted by molar-refractivity contribution is 5.94. The van der Waals surface area contributed by atoms with E-state index in [-0.39, 0.29) is 24.4 Å². The second-order valence-electron chi connectivity index (χ2n) is 7.11. The number of rotatable bonds is 9. The Hall–Kier alpha value is -2.24. The van der Waals surface area contributed by atoms with Gasteiger partial charge in [-0.25, -0.2) is 0 Å². The number of methoxy groups -OCH3 is 1. The zero-order chi connectivity index (χ0) is 19.8. The van der Waals surface area contributed by atoms with Crippen LogP contribution in [0.15, 0.2) is 48.5 Å². The Morgan fingerprint density at radius 2 is 1.66 bits per heavy atom. The molecule has 1 unspecified atom stereocenters. The Balaban J connectivity index is 0.00000300. The van der Waals surface area contributed by atoms with Crippen LogP contribution in [0.1, 0.15) is 48.1 Å². The summed E-state index contributed by atoms with van der Waals surface area (Å²) in [5.41, 5.74) is 1.85. The van der Waals surface area contributed by atoms with E-state index in [4.69, 9.17) is 9.47 Å². The number of carbonyl (C=O) groups is 1. The lowest BCUT2D eigenvalue weighted by Gasteiger charge is -2.28. The molecular formula is C23H31ClN2O3. The smallest absolute Gasteiger partial charge is 0.251 e. The van der Waals surface area contributed by atoms with E-state index < -0.39 is 0 Å². The van der Waals surface area contributed by atoms with Gasteiger partial charge in [0.25, 0.3) is 5.91 Å². The van der Waals surface area contributed by atoms with Gasteiger partial charge < -0.3 is 14.8 Å². The number of likely N-dealkylation sites (tertiary alicyclic amines) is 1. The minimum atomic E-state index is -0.0558. The Bertz CT molecular complexity index is 744. The van der Waals surface area contributed by atoms with Crippen molar-refractivity contribution in [1.29, 1.82) is 0 Å². The third kappa shape index (κ3) is 6.38. The van der Waals surface area contributed by atoms with Crippen molar-refractivity contribution in [2.75, 3.05) is 33.4 Å². The van der Waals surface area contributed by atoms with Crippen molar-refractivity contribution in [3.05, 3.63) is 59.7 Å². The van der Waals surface area contributed by atoms with Crippen LogP contribution in [-0.2, 0) is 0 Å². The van der Waals surface area contributed by atoms with Gasteiger partial charge in [0.05, 0.1) is 19.8 Å². The average molecular weight is 419 g/mol. The molecule has 6 heteroatoms. The molecule has 29 heavy (non-hydrogen) atoms. The van der Waals surface area contributed by atoms with Gasteiger partial charge in [-0.3, -0.25) is 9.69 Å². The van der Waals surface area contributed by atoms with Crippen LogP contribution in [0.25, 0.3) is 0 Å². The van der Waals surface area contributed by atoms with Crippen LogP contribution >= 0.6 is 12.4 Å². The summed E-state index contributed by atoms with van der Waals surface area (Å²) in [6, 6.07) is 15.7. The topological polar surface area (TPSA) is 50.8 Å². The molecule has 1 saturated heterocycles. The fourth-order valence-electron chi connectivity index (χ4n) is 3.55. The molecule has 5 nitrogen and oxygen atoms in total. The van der Waals surface area contributed by atoms with Crippen LogP contribution in [0.5, 0.6) is 11.5 Å². The third-order valence-electron chi connectivity index (χ3n) is 5.13. The van der Waals surface area contributed by atoms with Crippen LogP contribution in [-0.4, -0.2) is 44.2 Å². The molecule has 1 aliphatic rings. The minimum absolute atomic E-state index is 0. The summed E-state index contributed by atoms with van der Waals surface area (Å²) in [5.74, 6) is 1.59. The van der Waals surface area contributed by atoms with Crippen molar-refractivity contribution in [3.8, 4) is 11.5 Å². The highest BCUT2D eigenvalue weighted by atomic mass is 35.5. The molecule has 1 heterocycles. The first-order chi connectivity index (χ1) is 13.7. The maximum atomic E-state index is 12.6. The van der Waals surface area contributed by atoms with Gasteiger partial charge in [0.1, 0.15) is 11.5 Å². The fraction of sp³-hybridized carbons (Fsp3) is 0.435. The average Bonchev–Trinajstić information content (AvgIpc) is 3.27. The number of halogens is 1. The predicted molar refractivity (Wildman–Crippen MR) is 118 cm³/mol. The highest BCUT2D eigenvalue weighted by Gasteiger charge is 2.24. The van der Waals surface area contributed by atoms with E-state index in [0.29, 0.717) is 18.7 Å². The van der Waals surface area contributed by atoms with Crippen molar-refractivity contribution in [2.45, 2.75) is 32.2 Å². The minimum Gasteiger partial charge on any atom is -0.497 e. The molecular weight excluding hydrogens is 388 g/mol.